The summed E-state index contributed by atoms with van der Waals surface area (Å²) in [7, 11) is 0. The molecule has 0 bridgehead atoms. The second-order valence-corrected chi connectivity index (χ2v) is 10.0. The molecule has 0 heterocycles. The molecule has 0 aliphatic heterocycles. The maximum absolute atomic E-state index is 11.8. The van der Waals surface area contributed by atoms with Crippen molar-refractivity contribution in [3.05, 3.63) is 0 Å². The van der Waals surface area contributed by atoms with E-state index in [1.54, 1.807) is 0 Å². The van der Waals surface area contributed by atoms with E-state index in [0.717, 1.165) is 25.7 Å². The smallest absolute Gasteiger partial charge is 0.305 e. The molecule has 0 atom stereocenters. The summed E-state index contributed by atoms with van der Waals surface area (Å²) in [5.74, 6) is -0.338. The van der Waals surface area contributed by atoms with Crippen LogP contribution < -0.4 is 0 Å². The Morgan fingerprint density at radius 3 is 0.882 bits per heavy atom. The first-order valence-corrected chi connectivity index (χ1v) is 15.0. The summed E-state index contributed by atoms with van der Waals surface area (Å²) in [5.41, 5.74) is 0. The lowest BCUT2D eigenvalue weighted by Crippen LogP contribution is -2.13. The van der Waals surface area contributed by atoms with E-state index in [9.17, 15) is 9.59 Å². The molecule has 0 aliphatic carbocycles. The van der Waals surface area contributed by atoms with Crippen LogP contribution in [0.25, 0.3) is 0 Å². The van der Waals surface area contributed by atoms with Gasteiger partial charge in [-0.05, 0) is 12.8 Å². The van der Waals surface area contributed by atoms with Gasteiger partial charge in [0.2, 0.25) is 0 Å². The minimum atomic E-state index is -0.169. The van der Waals surface area contributed by atoms with E-state index in [1.807, 2.05) is 0 Å². The molecule has 0 aromatic heterocycles. The van der Waals surface area contributed by atoms with Gasteiger partial charge in [0.25, 0.3) is 0 Å². The molecule has 0 rings (SSSR count). The Morgan fingerprint density at radius 2 is 0.618 bits per heavy atom. The van der Waals surface area contributed by atoms with Gasteiger partial charge in [-0.3, -0.25) is 9.59 Å². The summed E-state index contributed by atoms with van der Waals surface area (Å²) in [6.45, 7) is 4.87. The molecule has 0 amide bonds. The Morgan fingerprint density at radius 1 is 0.382 bits per heavy atom. The monoisotopic (exact) mass is 482 g/mol. The lowest BCUT2D eigenvalue weighted by atomic mass is 10.1. The highest BCUT2D eigenvalue weighted by Gasteiger charge is 2.05. The SMILES string of the molecule is CCCCCCCCCCCCCC(=O)OCCOC(=O)CCCCCCCCCCCCC. The number of ether oxygens (including phenoxy) is 2. The lowest BCUT2D eigenvalue weighted by Gasteiger charge is -2.07. The average Bonchev–Trinajstić information content (AvgIpc) is 2.83. The van der Waals surface area contributed by atoms with Crippen LogP contribution in [0.1, 0.15) is 168 Å². The third-order valence-corrected chi connectivity index (χ3v) is 6.58. The highest BCUT2D eigenvalue weighted by Crippen LogP contribution is 2.13. The molecule has 202 valence electrons. The molecule has 0 unspecified atom stereocenters. The van der Waals surface area contributed by atoms with Crippen molar-refractivity contribution >= 4 is 11.9 Å². The maximum atomic E-state index is 11.8. The first kappa shape index (κ1) is 32.9. The Bertz CT molecular complexity index is 396. The first-order chi connectivity index (χ1) is 16.7. The number of esters is 2. The second-order valence-electron chi connectivity index (χ2n) is 10.0. The van der Waals surface area contributed by atoms with Crippen LogP contribution in [-0.4, -0.2) is 25.2 Å². The van der Waals surface area contributed by atoms with Gasteiger partial charge in [-0.25, -0.2) is 0 Å². The van der Waals surface area contributed by atoms with Crippen molar-refractivity contribution in [1.82, 2.24) is 0 Å². The molecule has 0 spiro atoms. The molecule has 0 fully saturated rings. The molecule has 0 saturated carbocycles. The van der Waals surface area contributed by atoms with Gasteiger partial charge in [0.1, 0.15) is 13.2 Å². The normalized spacial score (nSPS) is 11.0. The summed E-state index contributed by atoms with van der Waals surface area (Å²) in [6.07, 6.45) is 28.9. The van der Waals surface area contributed by atoms with Crippen LogP contribution in [-0.2, 0) is 19.1 Å². The van der Waals surface area contributed by atoms with Crippen LogP contribution in [0.15, 0.2) is 0 Å². The number of rotatable bonds is 27. The van der Waals surface area contributed by atoms with Gasteiger partial charge in [0, 0.05) is 12.8 Å². The van der Waals surface area contributed by atoms with E-state index in [1.165, 1.54) is 116 Å². The van der Waals surface area contributed by atoms with Crippen molar-refractivity contribution in [2.24, 2.45) is 0 Å². The number of unbranched alkanes of at least 4 members (excludes halogenated alkanes) is 20. The fourth-order valence-electron chi connectivity index (χ4n) is 4.32. The van der Waals surface area contributed by atoms with Gasteiger partial charge >= 0.3 is 11.9 Å². The standard InChI is InChI=1S/C30H58O4/c1-3-5-7-9-11-13-15-17-19-21-23-25-29(31)33-27-28-34-30(32)26-24-22-20-18-16-14-12-10-8-6-4-2/h3-28H2,1-2H3. The first-order valence-electron chi connectivity index (χ1n) is 15.0. The van der Waals surface area contributed by atoms with Crippen LogP contribution in [0, 0.1) is 0 Å². The van der Waals surface area contributed by atoms with Crippen molar-refractivity contribution in [3.8, 4) is 0 Å². The number of hydrogen-bond donors (Lipinski definition) is 0. The summed E-state index contributed by atoms with van der Waals surface area (Å²) < 4.78 is 10.4. The Labute approximate surface area is 212 Å². The molecule has 0 radical (unpaired) electrons. The van der Waals surface area contributed by atoms with E-state index in [-0.39, 0.29) is 25.2 Å². The maximum Gasteiger partial charge on any atom is 0.305 e. The van der Waals surface area contributed by atoms with E-state index < -0.39 is 0 Å². The van der Waals surface area contributed by atoms with Crippen molar-refractivity contribution in [2.45, 2.75) is 168 Å². The van der Waals surface area contributed by atoms with Gasteiger partial charge in [0.05, 0.1) is 0 Å². The Hall–Kier alpha value is -1.06. The molecule has 0 aromatic carbocycles. The van der Waals surface area contributed by atoms with E-state index >= 15 is 0 Å². The number of carbonyl (C=O) groups excluding carboxylic acids is 2. The van der Waals surface area contributed by atoms with Gasteiger partial charge in [0.15, 0.2) is 0 Å². The van der Waals surface area contributed by atoms with Gasteiger partial charge in [-0.15, -0.1) is 0 Å². The zero-order valence-corrected chi connectivity index (χ0v) is 23.0. The third-order valence-electron chi connectivity index (χ3n) is 6.58. The van der Waals surface area contributed by atoms with Crippen LogP contribution in [0.3, 0.4) is 0 Å². The molecule has 0 aromatic rings. The minimum absolute atomic E-state index is 0.169. The minimum Gasteiger partial charge on any atom is -0.462 e. The van der Waals surface area contributed by atoms with Gasteiger partial charge in [-0.2, -0.15) is 0 Å². The highest BCUT2D eigenvalue weighted by molar-refractivity contribution is 5.70. The van der Waals surface area contributed by atoms with Crippen LogP contribution in [0.4, 0.5) is 0 Å². The Balaban J connectivity index is 3.28. The second kappa shape index (κ2) is 28.2. The van der Waals surface area contributed by atoms with Crippen molar-refractivity contribution < 1.29 is 19.1 Å². The lowest BCUT2D eigenvalue weighted by molar-refractivity contribution is -0.152. The summed E-state index contributed by atoms with van der Waals surface area (Å²) >= 11 is 0. The predicted molar refractivity (Wildman–Crippen MR) is 144 cm³/mol. The summed E-state index contributed by atoms with van der Waals surface area (Å²) in [4.78, 5) is 23.5. The molecule has 0 N–H and O–H groups in total. The number of carbonyl (C=O) groups is 2. The summed E-state index contributed by atoms with van der Waals surface area (Å²) in [6, 6.07) is 0. The van der Waals surface area contributed by atoms with Crippen LogP contribution in [0.2, 0.25) is 0 Å². The molecule has 4 nitrogen and oxygen atoms in total. The van der Waals surface area contributed by atoms with Crippen molar-refractivity contribution in [2.75, 3.05) is 13.2 Å². The molecule has 34 heavy (non-hydrogen) atoms. The van der Waals surface area contributed by atoms with Gasteiger partial charge < -0.3 is 9.47 Å². The predicted octanol–water partition coefficient (Wildman–Crippen LogP) is 9.48. The van der Waals surface area contributed by atoms with Crippen LogP contribution >= 0.6 is 0 Å². The zero-order chi connectivity index (χ0) is 25.0. The van der Waals surface area contributed by atoms with E-state index in [0.29, 0.717) is 12.8 Å². The van der Waals surface area contributed by atoms with Crippen LogP contribution in [0.5, 0.6) is 0 Å². The summed E-state index contributed by atoms with van der Waals surface area (Å²) in [5, 5.41) is 0. The molecule has 4 heteroatoms. The fraction of sp³-hybridized carbons (Fsp3) is 0.933. The largest absolute Gasteiger partial charge is 0.462 e. The van der Waals surface area contributed by atoms with E-state index in [4.69, 9.17) is 9.47 Å². The fourth-order valence-corrected chi connectivity index (χ4v) is 4.32. The van der Waals surface area contributed by atoms with Crippen molar-refractivity contribution in [1.29, 1.82) is 0 Å². The zero-order valence-electron chi connectivity index (χ0n) is 23.0. The average molecular weight is 483 g/mol. The van der Waals surface area contributed by atoms with Crippen molar-refractivity contribution in [3.63, 3.8) is 0 Å². The third kappa shape index (κ3) is 27.2. The van der Waals surface area contributed by atoms with Gasteiger partial charge in [-0.1, -0.05) is 142 Å². The molecule has 0 aliphatic rings. The molecular weight excluding hydrogens is 424 g/mol. The highest BCUT2D eigenvalue weighted by atomic mass is 16.6. The van der Waals surface area contributed by atoms with E-state index in [2.05, 4.69) is 13.8 Å². The molecule has 0 saturated heterocycles. The number of hydrogen-bond acceptors (Lipinski definition) is 4. The molecular formula is C30H58O4. The topological polar surface area (TPSA) is 52.6 Å². The Kier molecular flexibility index (Phi) is 27.3. The quantitative estimate of drug-likeness (QED) is 0.0864.